The summed E-state index contributed by atoms with van der Waals surface area (Å²) in [5.74, 6) is -0.0226. The highest BCUT2D eigenvalue weighted by atomic mass is 16.1. The number of nitrogens with one attached hydrogen (secondary N) is 1. The maximum Gasteiger partial charge on any atom is 0.252 e. The maximum absolute atomic E-state index is 12.8. The summed E-state index contributed by atoms with van der Waals surface area (Å²) in [4.78, 5) is 21.6. The monoisotopic (exact) mass is 303 g/mol. The highest BCUT2D eigenvalue weighted by molar-refractivity contribution is 6.07. The molecule has 4 nitrogen and oxygen atoms in total. The molecule has 1 N–H and O–H groups in total. The number of aromatic nitrogens is 2. The summed E-state index contributed by atoms with van der Waals surface area (Å²) in [5.41, 5.74) is 4.89. The number of rotatable bonds is 3. The largest absolute Gasteiger partial charge is 0.348 e. The molecule has 2 heterocycles. The molecule has 23 heavy (non-hydrogen) atoms. The normalized spacial score (nSPS) is 13.0. The SMILES string of the molecule is O=C(NCc1cccnc1)c1c2c(nc3ccccc13)CCC2. The lowest BCUT2D eigenvalue weighted by Crippen LogP contribution is -2.24. The predicted molar refractivity (Wildman–Crippen MR) is 89.2 cm³/mol. The average molecular weight is 303 g/mol. The Balaban J connectivity index is 1.71. The molecule has 0 radical (unpaired) electrons. The summed E-state index contributed by atoms with van der Waals surface area (Å²) in [7, 11) is 0. The van der Waals surface area contributed by atoms with E-state index in [1.807, 2.05) is 36.4 Å². The topological polar surface area (TPSA) is 54.9 Å². The minimum atomic E-state index is -0.0226. The molecule has 3 aromatic rings. The van der Waals surface area contributed by atoms with Crippen molar-refractivity contribution in [3.63, 3.8) is 0 Å². The van der Waals surface area contributed by atoms with Crippen LogP contribution in [0.1, 0.15) is 33.6 Å². The summed E-state index contributed by atoms with van der Waals surface area (Å²) in [6.07, 6.45) is 6.47. The van der Waals surface area contributed by atoms with E-state index in [1.165, 1.54) is 0 Å². The van der Waals surface area contributed by atoms with Gasteiger partial charge in [0.15, 0.2) is 0 Å². The molecule has 0 bridgehead atoms. The fourth-order valence-corrected chi connectivity index (χ4v) is 3.24. The molecule has 1 aromatic carbocycles. The number of para-hydroxylation sites is 1. The van der Waals surface area contributed by atoms with Crippen LogP contribution in [-0.4, -0.2) is 15.9 Å². The van der Waals surface area contributed by atoms with Gasteiger partial charge in [0, 0.05) is 30.0 Å². The minimum Gasteiger partial charge on any atom is -0.348 e. The minimum absolute atomic E-state index is 0.0226. The molecule has 1 aliphatic rings. The summed E-state index contributed by atoms with van der Waals surface area (Å²) in [6, 6.07) is 11.7. The van der Waals surface area contributed by atoms with Gasteiger partial charge in [0.25, 0.3) is 5.91 Å². The standard InChI is InChI=1S/C19H17N3O/c23-19(21-12-13-5-4-10-20-11-13)18-14-6-1-2-8-16(14)22-17-9-3-7-15(17)18/h1-2,4-6,8,10-11H,3,7,9,12H2,(H,21,23). The number of carbonyl (C=O) groups excluding carboxylic acids is 1. The van der Waals surface area contributed by atoms with Gasteiger partial charge < -0.3 is 5.32 Å². The van der Waals surface area contributed by atoms with Gasteiger partial charge in [-0.05, 0) is 42.5 Å². The summed E-state index contributed by atoms with van der Waals surface area (Å²) in [6.45, 7) is 0.484. The molecule has 0 unspecified atom stereocenters. The number of nitrogens with zero attached hydrogens (tertiary/aromatic N) is 2. The van der Waals surface area contributed by atoms with Crippen molar-refractivity contribution in [2.24, 2.45) is 0 Å². The van der Waals surface area contributed by atoms with E-state index in [-0.39, 0.29) is 5.91 Å². The summed E-state index contributed by atoms with van der Waals surface area (Å²) < 4.78 is 0. The molecular weight excluding hydrogens is 286 g/mol. The molecule has 4 heteroatoms. The highest BCUT2D eigenvalue weighted by Gasteiger charge is 2.23. The van der Waals surface area contributed by atoms with Gasteiger partial charge in [-0.1, -0.05) is 24.3 Å². The Morgan fingerprint density at radius 3 is 2.91 bits per heavy atom. The van der Waals surface area contributed by atoms with Gasteiger partial charge >= 0.3 is 0 Å². The van der Waals surface area contributed by atoms with Gasteiger partial charge in [0.05, 0.1) is 11.1 Å². The zero-order valence-corrected chi connectivity index (χ0v) is 12.7. The zero-order chi connectivity index (χ0) is 15.6. The summed E-state index contributed by atoms with van der Waals surface area (Å²) >= 11 is 0. The van der Waals surface area contributed by atoms with Gasteiger partial charge in [-0.2, -0.15) is 0 Å². The molecule has 1 aliphatic carbocycles. The third-order valence-corrected chi connectivity index (χ3v) is 4.32. The number of amides is 1. The molecular formula is C19H17N3O. The first kappa shape index (κ1) is 13.9. The third-order valence-electron chi connectivity index (χ3n) is 4.32. The number of hydrogen-bond acceptors (Lipinski definition) is 3. The second-order valence-corrected chi connectivity index (χ2v) is 5.83. The number of benzene rings is 1. The van der Waals surface area contributed by atoms with Crippen molar-refractivity contribution in [1.82, 2.24) is 15.3 Å². The van der Waals surface area contributed by atoms with E-state index in [1.54, 1.807) is 12.4 Å². The van der Waals surface area contributed by atoms with Crippen molar-refractivity contribution in [2.75, 3.05) is 0 Å². The van der Waals surface area contributed by atoms with Crippen LogP contribution in [0.15, 0.2) is 48.8 Å². The smallest absolute Gasteiger partial charge is 0.252 e. The summed E-state index contributed by atoms with van der Waals surface area (Å²) in [5, 5.41) is 3.97. The molecule has 2 aromatic heterocycles. The van der Waals surface area contributed by atoms with Crippen molar-refractivity contribution in [2.45, 2.75) is 25.8 Å². The van der Waals surface area contributed by atoms with Gasteiger partial charge in [-0.25, -0.2) is 0 Å². The number of hydrogen-bond donors (Lipinski definition) is 1. The number of aryl methyl sites for hydroxylation is 1. The number of carbonyl (C=O) groups is 1. The second kappa shape index (κ2) is 5.80. The molecule has 0 saturated carbocycles. The Morgan fingerprint density at radius 1 is 1.13 bits per heavy atom. The highest BCUT2D eigenvalue weighted by Crippen LogP contribution is 2.29. The van der Waals surface area contributed by atoms with Crippen molar-refractivity contribution in [3.05, 3.63) is 71.2 Å². The molecule has 0 spiro atoms. The van der Waals surface area contributed by atoms with Crippen LogP contribution in [0, 0.1) is 0 Å². The van der Waals surface area contributed by atoms with Crippen molar-refractivity contribution >= 4 is 16.8 Å². The van der Waals surface area contributed by atoms with Gasteiger partial charge in [0.2, 0.25) is 0 Å². The van der Waals surface area contributed by atoms with Crippen LogP contribution in [0.25, 0.3) is 10.9 Å². The molecule has 0 saturated heterocycles. The van der Waals surface area contributed by atoms with Crippen molar-refractivity contribution in [3.8, 4) is 0 Å². The lowest BCUT2D eigenvalue weighted by molar-refractivity contribution is 0.0951. The molecule has 0 fully saturated rings. The maximum atomic E-state index is 12.8. The fraction of sp³-hybridized carbons (Fsp3) is 0.211. The van der Waals surface area contributed by atoms with Crippen LogP contribution in [0.4, 0.5) is 0 Å². The van der Waals surface area contributed by atoms with Crippen LogP contribution in [-0.2, 0) is 19.4 Å². The van der Waals surface area contributed by atoms with Crippen molar-refractivity contribution in [1.29, 1.82) is 0 Å². The van der Waals surface area contributed by atoms with E-state index in [4.69, 9.17) is 4.98 Å². The number of pyridine rings is 2. The van der Waals surface area contributed by atoms with Crippen LogP contribution in [0.2, 0.25) is 0 Å². The first-order chi connectivity index (χ1) is 11.3. The second-order valence-electron chi connectivity index (χ2n) is 5.83. The van der Waals surface area contributed by atoms with Gasteiger partial charge in [0.1, 0.15) is 0 Å². The van der Waals surface area contributed by atoms with Crippen LogP contribution in [0.5, 0.6) is 0 Å². The third kappa shape index (κ3) is 2.57. The quantitative estimate of drug-likeness (QED) is 0.809. The Hall–Kier alpha value is -2.75. The van der Waals surface area contributed by atoms with E-state index in [9.17, 15) is 4.79 Å². The Bertz CT molecular complexity index is 874. The van der Waals surface area contributed by atoms with E-state index < -0.39 is 0 Å². The van der Waals surface area contributed by atoms with Gasteiger partial charge in [-0.3, -0.25) is 14.8 Å². The average Bonchev–Trinajstić information content (AvgIpc) is 3.06. The Kier molecular flexibility index (Phi) is 3.50. The van der Waals surface area contributed by atoms with Crippen LogP contribution in [0.3, 0.4) is 0 Å². The molecule has 0 aliphatic heterocycles. The first-order valence-electron chi connectivity index (χ1n) is 7.90. The van der Waals surface area contributed by atoms with E-state index in [0.717, 1.165) is 52.5 Å². The molecule has 0 atom stereocenters. The fourth-order valence-electron chi connectivity index (χ4n) is 3.24. The molecule has 4 rings (SSSR count). The van der Waals surface area contributed by atoms with Crippen LogP contribution >= 0.6 is 0 Å². The lowest BCUT2D eigenvalue weighted by Gasteiger charge is -2.12. The Morgan fingerprint density at radius 2 is 2.04 bits per heavy atom. The van der Waals surface area contributed by atoms with Gasteiger partial charge in [-0.15, -0.1) is 0 Å². The van der Waals surface area contributed by atoms with E-state index in [0.29, 0.717) is 6.54 Å². The molecule has 1 amide bonds. The molecule has 114 valence electrons. The Labute approximate surface area is 134 Å². The predicted octanol–water partition coefficient (Wildman–Crippen LogP) is 3.05. The number of fused-ring (bicyclic) bond motifs is 2. The van der Waals surface area contributed by atoms with E-state index in [2.05, 4.69) is 10.3 Å². The zero-order valence-electron chi connectivity index (χ0n) is 12.7. The lowest BCUT2D eigenvalue weighted by atomic mass is 10.0. The van der Waals surface area contributed by atoms with E-state index >= 15 is 0 Å². The first-order valence-corrected chi connectivity index (χ1v) is 7.90. The van der Waals surface area contributed by atoms with Crippen molar-refractivity contribution < 1.29 is 4.79 Å². The van der Waals surface area contributed by atoms with Crippen LogP contribution < -0.4 is 5.32 Å².